The van der Waals surface area contributed by atoms with Crippen molar-refractivity contribution in [3.8, 4) is 0 Å². The predicted octanol–water partition coefficient (Wildman–Crippen LogP) is 2.95. The quantitative estimate of drug-likeness (QED) is 0.716. The first kappa shape index (κ1) is 19.6. The molecule has 0 radical (unpaired) electrons. The van der Waals surface area contributed by atoms with Gasteiger partial charge in [-0.3, -0.25) is 9.59 Å². The second-order valence-corrected chi connectivity index (χ2v) is 6.32. The van der Waals surface area contributed by atoms with Gasteiger partial charge >= 0.3 is 0 Å². The number of carbonyl (C=O) groups excluding carboxylic acids is 2. The highest BCUT2D eigenvalue weighted by atomic mass is 35.5. The van der Waals surface area contributed by atoms with E-state index < -0.39 is 5.91 Å². The molecule has 0 aliphatic carbocycles. The van der Waals surface area contributed by atoms with E-state index in [1.165, 1.54) is 0 Å². The van der Waals surface area contributed by atoms with Gasteiger partial charge in [0.15, 0.2) is 0 Å². The topological polar surface area (TPSA) is 101 Å². The molecule has 2 aromatic rings. The number of aryl methyl sites for hydroxylation is 1. The maximum absolute atomic E-state index is 12.7. The highest BCUT2D eigenvalue weighted by Gasteiger charge is 2.19. The van der Waals surface area contributed by atoms with Crippen molar-refractivity contribution in [2.24, 2.45) is 5.73 Å². The smallest absolute Gasteiger partial charge is 0.256 e. The minimum absolute atomic E-state index is 0. The Labute approximate surface area is 159 Å². The fourth-order valence-corrected chi connectivity index (χ4v) is 3.10. The molecule has 0 aromatic heterocycles. The number of anilines is 3. The lowest BCUT2D eigenvalue weighted by molar-refractivity contribution is 0.0996. The van der Waals surface area contributed by atoms with Gasteiger partial charge < -0.3 is 21.7 Å². The van der Waals surface area contributed by atoms with E-state index in [1.54, 1.807) is 24.3 Å². The van der Waals surface area contributed by atoms with Crippen LogP contribution in [0.5, 0.6) is 0 Å². The molecule has 0 spiro atoms. The molecule has 0 unspecified atom stereocenters. The molecule has 0 bridgehead atoms. The van der Waals surface area contributed by atoms with Gasteiger partial charge in [-0.25, -0.2) is 0 Å². The van der Waals surface area contributed by atoms with Crippen molar-refractivity contribution in [1.82, 2.24) is 0 Å². The third-order valence-corrected chi connectivity index (χ3v) is 4.48. The van der Waals surface area contributed by atoms with E-state index in [9.17, 15) is 9.59 Å². The summed E-state index contributed by atoms with van der Waals surface area (Å²) >= 11 is 0. The largest absolute Gasteiger partial charge is 0.399 e. The van der Waals surface area contributed by atoms with E-state index in [0.717, 1.165) is 37.2 Å². The average molecular weight is 375 g/mol. The Hall–Kier alpha value is -2.73. The summed E-state index contributed by atoms with van der Waals surface area (Å²) in [5, 5.41) is 2.92. The molecule has 2 aromatic carbocycles. The van der Waals surface area contributed by atoms with Gasteiger partial charge in [-0.15, -0.1) is 12.4 Å². The summed E-state index contributed by atoms with van der Waals surface area (Å²) in [5.41, 5.74) is 14.9. The third kappa shape index (κ3) is 4.08. The monoisotopic (exact) mass is 374 g/mol. The van der Waals surface area contributed by atoms with Crippen LogP contribution in [-0.2, 0) is 0 Å². The minimum atomic E-state index is -0.524. The molecular weight excluding hydrogens is 352 g/mol. The van der Waals surface area contributed by atoms with Gasteiger partial charge in [-0.2, -0.15) is 0 Å². The molecule has 6 nitrogen and oxygen atoms in total. The second kappa shape index (κ2) is 8.10. The lowest BCUT2D eigenvalue weighted by Gasteiger charge is -2.22. The Morgan fingerprint density at radius 3 is 2.42 bits per heavy atom. The van der Waals surface area contributed by atoms with Crippen molar-refractivity contribution in [3.63, 3.8) is 0 Å². The number of nitrogens with two attached hydrogens (primary N) is 2. The molecule has 7 heteroatoms. The number of primary amides is 1. The molecule has 1 aliphatic rings. The van der Waals surface area contributed by atoms with Gasteiger partial charge in [0.1, 0.15) is 0 Å². The predicted molar refractivity (Wildman–Crippen MR) is 107 cm³/mol. The molecule has 1 fully saturated rings. The van der Waals surface area contributed by atoms with Gasteiger partial charge in [0.2, 0.25) is 5.91 Å². The molecule has 0 atom stereocenters. The van der Waals surface area contributed by atoms with E-state index >= 15 is 0 Å². The van der Waals surface area contributed by atoms with Gasteiger partial charge in [-0.05, 0) is 55.7 Å². The number of amides is 2. The van der Waals surface area contributed by atoms with Crippen molar-refractivity contribution < 1.29 is 9.59 Å². The molecule has 3 rings (SSSR count). The number of halogens is 1. The highest BCUT2D eigenvalue weighted by molar-refractivity contribution is 6.08. The zero-order valence-electron chi connectivity index (χ0n) is 14.6. The van der Waals surface area contributed by atoms with Gasteiger partial charge in [-0.1, -0.05) is 6.07 Å². The van der Waals surface area contributed by atoms with Gasteiger partial charge in [0.25, 0.3) is 5.91 Å². The lowest BCUT2D eigenvalue weighted by atomic mass is 10.1. The van der Waals surface area contributed by atoms with Gasteiger partial charge in [0.05, 0.1) is 11.4 Å². The van der Waals surface area contributed by atoms with Crippen LogP contribution in [0, 0.1) is 6.92 Å². The Bertz CT molecular complexity index is 832. The fourth-order valence-electron chi connectivity index (χ4n) is 3.10. The first-order valence-electron chi connectivity index (χ1n) is 8.32. The SMILES string of the molecule is Cc1ccc(N)cc1C(=O)Nc1cc(C(N)=O)ccc1N1CCCC1.Cl. The number of hydrogen-bond donors (Lipinski definition) is 3. The number of hydrogen-bond acceptors (Lipinski definition) is 4. The Morgan fingerprint density at radius 1 is 1.08 bits per heavy atom. The van der Waals surface area contributed by atoms with Gasteiger partial charge in [0, 0.05) is 29.9 Å². The van der Waals surface area contributed by atoms with E-state index in [1.807, 2.05) is 19.1 Å². The van der Waals surface area contributed by atoms with E-state index in [0.29, 0.717) is 22.5 Å². The molecule has 1 aliphatic heterocycles. The van der Waals surface area contributed by atoms with Crippen LogP contribution in [0.15, 0.2) is 36.4 Å². The van der Waals surface area contributed by atoms with Crippen LogP contribution in [0.1, 0.15) is 39.1 Å². The molecule has 2 amide bonds. The van der Waals surface area contributed by atoms with Crippen molar-refractivity contribution in [2.45, 2.75) is 19.8 Å². The lowest BCUT2D eigenvalue weighted by Crippen LogP contribution is -2.22. The van der Waals surface area contributed by atoms with E-state index in [2.05, 4.69) is 10.2 Å². The molecule has 5 N–H and O–H groups in total. The molecule has 0 saturated carbocycles. The zero-order valence-corrected chi connectivity index (χ0v) is 15.4. The average Bonchev–Trinajstić information content (AvgIpc) is 3.11. The normalized spacial score (nSPS) is 13.2. The van der Waals surface area contributed by atoms with Crippen molar-refractivity contribution in [1.29, 1.82) is 0 Å². The summed E-state index contributed by atoms with van der Waals surface area (Å²) in [7, 11) is 0. The summed E-state index contributed by atoms with van der Waals surface area (Å²) in [6.45, 7) is 3.71. The number of nitrogens with one attached hydrogen (secondary N) is 1. The van der Waals surface area contributed by atoms with Crippen molar-refractivity contribution in [3.05, 3.63) is 53.1 Å². The summed E-state index contributed by atoms with van der Waals surface area (Å²) < 4.78 is 0. The Kier molecular flexibility index (Phi) is 6.10. The highest BCUT2D eigenvalue weighted by Crippen LogP contribution is 2.30. The van der Waals surface area contributed by atoms with Crippen molar-refractivity contribution >= 4 is 41.3 Å². The number of carbonyl (C=O) groups is 2. The number of nitrogens with zero attached hydrogens (tertiary/aromatic N) is 1. The summed E-state index contributed by atoms with van der Waals surface area (Å²) in [4.78, 5) is 26.5. The number of rotatable bonds is 4. The Balaban J connectivity index is 0.00000243. The van der Waals surface area contributed by atoms with Crippen LogP contribution in [0.25, 0.3) is 0 Å². The maximum Gasteiger partial charge on any atom is 0.256 e. The van der Waals surface area contributed by atoms with E-state index in [-0.39, 0.29) is 18.3 Å². The van der Waals surface area contributed by atoms with Crippen LogP contribution in [0.2, 0.25) is 0 Å². The number of nitrogen functional groups attached to an aromatic ring is 1. The van der Waals surface area contributed by atoms with Crippen LogP contribution in [0.4, 0.5) is 17.1 Å². The van der Waals surface area contributed by atoms with Crippen LogP contribution in [-0.4, -0.2) is 24.9 Å². The zero-order chi connectivity index (χ0) is 18.0. The van der Waals surface area contributed by atoms with Crippen molar-refractivity contribution in [2.75, 3.05) is 29.0 Å². The molecule has 1 saturated heterocycles. The van der Waals surface area contributed by atoms with E-state index in [4.69, 9.17) is 11.5 Å². The Morgan fingerprint density at radius 2 is 1.77 bits per heavy atom. The first-order chi connectivity index (χ1) is 12.0. The molecule has 1 heterocycles. The van der Waals surface area contributed by atoms with Crippen LogP contribution >= 0.6 is 12.4 Å². The molecule has 138 valence electrons. The number of benzene rings is 2. The van der Waals surface area contributed by atoms with Crippen LogP contribution < -0.4 is 21.7 Å². The first-order valence-corrected chi connectivity index (χ1v) is 8.32. The maximum atomic E-state index is 12.7. The minimum Gasteiger partial charge on any atom is -0.399 e. The second-order valence-electron chi connectivity index (χ2n) is 6.32. The molecular formula is C19H23ClN4O2. The molecule has 26 heavy (non-hydrogen) atoms. The fraction of sp³-hybridized carbons (Fsp3) is 0.263. The summed E-state index contributed by atoms with van der Waals surface area (Å²) in [5.74, 6) is -0.782. The summed E-state index contributed by atoms with van der Waals surface area (Å²) in [6.07, 6.45) is 2.22. The van der Waals surface area contributed by atoms with Crippen LogP contribution in [0.3, 0.4) is 0 Å². The summed E-state index contributed by atoms with van der Waals surface area (Å²) in [6, 6.07) is 10.4. The standard InChI is InChI=1S/C19H22N4O2.ClH/c1-12-4-6-14(20)11-15(12)19(25)22-16-10-13(18(21)24)5-7-17(16)23-8-2-3-9-23;/h4-7,10-11H,2-3,8-9,20H2,1H3,(H2,21,24)(H,22,25);1H. The third-order valence-electron chi connectivity index (χ3n) is 4.48.